The van der Waals surface area contributed by atoms with Crippen LogP contribution in [0, 0.1) is 17.0 Å². The summed E-state index contributed by atoms with van der Waals surface area (Å²) in [4.78, 5) is 20.1. The monoisotopic (exact) mass is 637 g/mol. The zero-order valence-electron chi connectivity index (χ0n) is 25.6. The zero-order chi connectivity index (χ0) is 32.6. The predicted molar refractivity (Wildman–Crippen MR) is 177 cm³/mol. The van der Waals surface area contributed by atoms with Crippen molar-refractivity contribution in [3.63, 3.8) is 0 Å². The zero-order valence-corrected chi connectivity index (χ0v) is 25.6. The summed E-state index contributed by atoms with van der Waals surface area (Å²) in [6, 6.07) is 16.7. The van der Waals surface area contributed by atoms with Crippen molar-refractivity contribution in [2.45, 2.75) is 13.5 Å². The lowest BCUT2D eigenvalue weighted by atomic mass is 10.1. The van der Waals surface area contributed by atoms with E-state index in [0.717, 1.165) is 23.5 Å². The third-order valence-electron chi connectivity index (χ3n) is 7.40. The Morgan fingerprint density at radius 1 is 0.872 bits per heavy atom. The van der Waals surface area contributed by atoms with Crippen molar-refractivity contribution in [2.75, 3.05) is 53.8 Å². The minimum Gasteiger partial charge on any atom is -0.494 e. The maximum atomic E-state index is 14.8. The third kappa shape index (κ3) is 7.42. The molecule has 5 aromatic rings. The van der Waals surface area contributed by atoms with Crippen molar-refractivity contribution in [2.24, 2.45) is 0 Å². The molecule has 3 aromatic heterocycles. The smallest absolute Gasteiger partial charge is 0.182 e. The molecule has 4 N–H and O–H groups in total. The number of nitrogens with one attached hydrogen (secondary N) is 4. The number of rotatable bonds is 12. The highest BCUT2D eigenvalue weighted by Crippen LogP contribution is 2.36. The fourth-order valence-electron chi connectivity index (χ4n) is 5.13. The number of ether oxygens (including phenoxy) is 2. The average Bonchev–Trinajstić information content (AvgIpc) is 3.09. The molecule has 0 bridgehead atoms. The van der Waals surface area contributed by atoms with Gasteiger partial charge in [0, 0.05) is 84.7 Å². The van der Waals surface area contributed by atoms with Crippen molar-refractivity contribution < 1.29 is 18.3 Å². The summed E-state index contributed by atoms with van der Waals surface area (Å²) in [6.45, 7) is 4.18. The van der Waals surface area contributed by atoms with E-state index in [1.807, 2.05) is 24.3 Å². The van der Waals surface area contributed by atoms with Crippen LogP contribution in [0.5, 0.6) is 5.75 Å². The van der Waals surface area contributed by atoms with Gasteiger partial charge < -0.3 is 30.3 Å². The molecule has 0 saturated carbocycles. The van der Waals surface area contributed by atoms with Crippen LogP contribution in [0.25, 0.3) is 0 Å². The molecule has 1 aliphatic rings. The fraction of sp³-hybridized carbons (Fsp3) is 0.206. The van der Waals surface area contributed by atoms with E-state index in [1.165, 1.54) is 0 Å². The summed E-state index contributed by atoms with van der Waals surface area (Å²) in [5.74, 6) is -0.244. The number of anilines is 6. The number of pyridine rings is 2. The molecule has 0 spiro atoms. The van der Waals surface area contributed by atoms with Crippen molar-refractivity contribution in [3.8, 4) is 5.75 Å². The van der Waals surface area contributed by atoms with Crippen LogP contribution in [-0.2, 0) is 11.3 Å². The van der Waals surface area contributed by atoms with Crippen molar-refractivity contribution in [1.82, 2.24) is 19.9 Å². The van der Waals surface area contributed by atoms with Crippen LogP contribution in [0.3, 0.4) is 0 Å². The number of morpholine rings is 1. The Labute approximate surface area is 270 Å². The molecular weight excluding hydrogens is 604 g/mol. The standard InChI is InChI=1S/C34H33F2N9O2/c1-2-47-24-19-27(35)26(28(36)20-24)21-40-29-6-4-3-5-25(29)30(37)32-43-33(41-22-7-11-38-12-8-22)31(45-15-17-46-18-16-45)34(44-32)42-23-9-13-39-14-10-23/h3-14,19-20,37,40H,2,15-18,21H2,1H3,(H2,38,39,41,42,43,44). The van der Waals surface area contributed by atoms with Crippen LogP contribution >= 0.6 is 0 Å². The van der Waals surface area contributed by atoms with E-state index in [2.05, 4.69) is 30.8 Å². The lowest BCUT2D eigenvalue weighted by Crippen LogP contribution is -2.37. The Kier molecular flexibility index (Phi) is 9.73. The van der Waals surface area contributed by atoms with E-state index in [1.54, 1.807) is 56.0 Å². The molecule has 240 valence electrons. The Morgan fingerprint density at radius 3 is 2.02 bits per heavy atom. The van der Waals surface area contributed by atoms with E-state index >= 15 is 0 Å². The Hall–Kier alpha value is -5.69. The van der Waals surface area contributed by atoms with Gasteiger partial charge in [0.25, 0.3) is 0 Å². The number of benzene rings is 2. The van der Waals surface area contributed by atoms with E-state index in [-0.39, 0.29) is 29.4 Å². The summed E-state index contributed by atoms with van der Waals surface area (Å²) >= 11 is 0. The first-order valence-electron chi connectivity index (χ1n) is 15.1. The second kappa shape index (κ2) is 14.6. The van der Waals surface area contributed by atoms with Gasteiger partial charge in [-0.1, -0.05) is 18.2 Å². The number of aromatic nitrogens is 4. The molecule has 13 heteroatoms. The number of halogens is 2. The summed E-state index contributed by atoms with van der Waals surface area (Å²) in [5.41, 5.74) is 3.01. The Bertz CT molecular complexity index is 1750. The van der Waals surface area contributed by atoms with Crippen LogP contribution in [0.1, 0.15) is 23.9 Å². The first-order valence-corrected chi connectivity index (χ1v) is 15.1. The van der Waals surface area contributed by atoms with Crippen LogP contribution in [0.15, 0.2) is 85.5 Å². The van der Waals surface area contributed by atoms with Gasteiger partial charge in [-0.25, -0.2) is 18.7 Å². The quantitative estimate of drug-likeness (QED) is 0.116. The first-order chi connectivity index (χ1) is 23.0. The van der Waals surface area contributed by atoms with E-state index in [9.17, 15) is 14.2 Å². The minimum atomic E-state index is -0.728. The molecule has 1 aliphatic heterocycles. The Morgan fingerprint density at radius 2 is 1.45 bits per heavy atom. The maximum absolute atomic E-state index is 14.8. The van der Waals surface area contributed by atoms with E-state index < -0.39 is 11.6 Å². The number of hydrogen-bond acceptors (Lipinski definition) is 11. The molecule has 1 fully saturated rings. The molecule has 4 heterocycles. The van der Waals surface area contributed by atoms with Gasteiger partial charge in [0.15, 0.2) is 17.5 Å². The second-order valence-electron chi connectivity index (χ2n) is 10.5. The van der Waals surface area contributed by atoms with Gasteiger partial charge in [-0.3, -0.25) is 15.4 Å². The summed E-state index contributed by atoms with van der Waals surface area (Å²) in [5, 5.41) is 19.2. The molecule has 1 saturated heterocycles. The van der Waals surface area contributed by atoms with Crippen LogP contribution in [0.2, 0.25) is 0 Å². The van der Waals surface area contributed by atoms with Crippen molar-refractivity contribution >= 4 is 40.1 Å². The number of para-hydroxylation sites is 1. The van der Waals surface area contributed by atoms with Crippen LogP contribution < -0.4 is 25.6 Å². The SMILES string of the molecule is CCOc1cc(F)c(CNc2ccccc2C(=N)c2nc(Nc3ccncc3)c(N3CCOCC3)c(Nc3ccncc3)n2)c(F)c1. The van der Waals surface area contributed by atoms with Crippen molar-refractivity contribution in [3.05, 3.63) is 114 Å². The number of hydrogen-bond donors (Lipinski definition) is 4. The highest BCUT2D eigenvalue weighted by molar-refractivity contribution is 6.12. The van der Waals surface area contributed by atoms with Gasteiger partial charge >= 0.3 is 0 Å². The number of nitrogens with zero attached hydrogens (tertiary/aromatic N) is 5. The minimum absolute atomic E-state index is 0.00446. The van der Waals surface area contributed by atoms with Gasteiger partial charge in [0.05, 0.1) is 19.8 Å². The molecule has 11 nitrogen and oxygen atoms in total. The lowest BCUT2D eigenvalue weighted by Gasteiger charge is -2.32. The third-order valence-corrected chi connectivity index (χ3v) is 7.40. The van der Waals surface area contributed by atoms with Gasteiger partial charge in [-0.05, 0) is 37.3 Å². The normalized spacial score (nSPS) is 12.8. The molecular formula is C34H33F2N9O2. The van der Waals surface area contributed by atoms with E-state index in [4.69, 9.17) is 19.4 Å². The van der Waals surface area contributed by atoms with Crippen molar-refractivity contribution in [1.29, 1.82) is 5.41 Å². The van der Waals surface area contributed by atoms with Gasteiger partial charge in [-0.15, -0.1) is 0 Å². The summed E-state index contributed by atoms with van der Waals surface area (Å²) < 4.78 is 40.6. The molecule has 0 aliphatic carbocycles. The molecule has 2 aromatic carbocycles. The van der Waals surface area contributed by atoms with E-state index in [0.29, 0.717) is 61.5 Å². The summed E-state index contributed by atoms with van der Waals surface area (Å²) in [7, 11) is 0. The molecule has 0 unspecified atom stereocenters. The topological polar surface area (TPSA) is 133 Å². The highest BCUT2D eigenvalue weighted by Gasteiger charge is 2.25. The molecule has 6 rings (SSSR count). The van der Waals surface area contributed by atoms with Gasteiger partial charge in [0.1, 0.15) is 28.8 Å². The maximum Gasteiger partial charge on any atom is 0.182 e. The van der Waals surface area contributed by atoms with Crippen LogP contribution in [-0.4, -0.2) is 58.6 Å². The highest BCUT2D eigenvalue weighted by atomic mass is 19.1. The first kappa shape index (κ1) is 31.3. The molecule has 0 amide bonds. The molecule has 47 heavy (non-hydrogen) atoms. The van der Waals surface area contributed by atoms with Crippen LogP contribution in [0.4, 0.5) is 43.2 Å². The lowest BCUT2D eigenvalue weighted by molar-refractivity contribution is 0.123. The Balaban J connectivity index is 1.39. The largest absolute Gasteiger partial charge is 0.494 e. The average molecular weight is 638 g/mol. The molecule has 0 atom stereocenters. The van der Waals surface area contributed by atoms with Gasteiger partial charge in [-0.2, -0.15) is 0 Å². The second-order valence-corrected chi connectivity index (χ2v) is 10.5. The van der Waals surface area contributed by atoms with Gasteiger partial charge in [0.2, 0.25) is 0 Å². The molecule has 0 radical (unpaired) electrons. The fourth-order valence-corrected chi connectivity index (χ4v) is 5.13. The predicted octanol–water partition coefficient (Wildman–Crippen LogP) is 6.30. The summed E-state index contributed by atoms with van der Waals surface area (Å²) in [6.07, 6.45) is 6.70.